The van der Waals surface area contributed by atoms with Gasteiger partial charge in [-0.25, -0.2) is 9.97 Å². The topological polar surface area (TPSA) is 38.3 Å². The van der Waals surface area contributed by atoms with E-state index in [-0.39, 0.29) is 0 Å². The normalized spacial score (nSPS) is 16.1. The molecule has 3 heterocycles. The first-order valence-electron chi connectivity index (χ1n) is 9.48. The standard InChI is InChI=1S/C21H25N3OS2/c1-4-25-16-7-5-15(6-8-16)18-13-26-20-19(18)21(23-14(2)22-20)27-17-9-11-24(3)12-10-17/h5-8,13,17H,4,9-12H2,1-3H3. The minimum absolute atomic E-state index is 0.631. The Morgan fingerprint density at radius 2 is 1.93 bits per heavy atom. The van der Waals surface area contributed by atoms with Gasteiger partial charge in [0.15, 0.2) is 0 Å². The van der Waals surface area contributed by atoms with Gasteiger partial charge in [-0.05, 0) is 64.5 Å². The summed E-state index contributed by atoms with van der Waals surface area (Å²) < 4.78 is 5.58. The molecule has 6 heteroatoms. The van der Waals surface area contributed by atoms with Crippen LogP contribution in [-0.2, 0) is 0 Å². The van der Waals surface area contributed by atoms with Gasteiger partial charge in [0, 0.05) is 16.2 Å². The van der Waals surface area contributed by atoms with Crippen molar-refractivity contribution in [1.29, 1.82) is 0 Å². The lowest BCUT2D eigenvalue weighted by molar-refractivity contribution is 0.282. The van der Waals surface area contributed by atoms with Crippen LogP contribution in [0.15, 0.2) is 34.7 Å². The number of hydrogen-bond donors (Lipinski definition) is 0. The Kier molecular flexibility index (Phi) is 5.66. The molecule has 4 rings (SSSR count). The molecule has 1 aliphatic heterocycles. The Labute approximate surface area is 169 Å². The molecule has 0 saturated carbocycles. The minimum atomic E-state index is 0.631. The van der Waals surface area contributed by atoms with E-state index in [1.807, 2.05) is 37.7 Å². The summed E-state index contributed by atoms with van der Waals surface area (Å²) in [6.45, 7) is 7.02. The fourth-order valence-electron chi connectivity index (χ4n) is 3.47. The molecule has 1 saturated heterocycles. The molecule has 142 valence electrons. The second-order valence-electron chi connectivity index (χ2n) is 6.98. The number of ether oxygens (including phenoxy) is 1. The van der Waals surface area contributed by atoms with Crippen LogP contribution in [0.3, 0.4) is 0 Å². The predicted octanol–water partition coefficient (Wildman–Crippen LogP) is 5.25. The van der Waals surface area contributed by atoms with Crippen molar-refractivity contribution in [1.82, 2.24) is 14.9 Å². The van der Waals surface area contributed by atoms with Crippen molar-refractivity contribution in [2.24, 2.45) is 0 Å². The highest BCUT2D eigenvalue weighted by atomic mass is 32.2. The monoisotopic (exact) mass is 399 g/mol. The number of likely N-dealkylation sites (tertiary alicyclic amines) is 1. The molecular weight excluding hydrogens is 374 g/mol. The van der Waals surface area contributed by atoms with E-state index in [1.54, 1.807) is 11.3 Å². The summed E-state index contributed by atoms with van der Waals surface area (Å²) in [6.07, 6.45) is 2.43. The average molecular weight is 400 g/mol. The van der Waals surface area contributed by atoms with Crippen LogP contribution in [0.1, 0.15) is 25.6 Å². The lowest BCUT2D eigenvalue weighted by atomic mass is 10.1. The van der Waals surface area contributed by atoms with Gasteiger partial charge in [0.1, 0.15) is 21.4 Å². The van der Waals surface area contributed by atoms with Gasteiger partial charge in [0.2, 0.25) is 0 Å². The quantitative estimate of drug-likeness (QED) is 0.548. The average Bonchev–Trinajstić information content (AvgIpc) is 3.08. The van der Waals surface area contributed by atoms with Gasteiger partial charge < -0.3 is 9.64 Å². The number of thioether (sulfide) groups is 1. The zero-order valence-corrected chi connectivity index (χ0v) is 17.7. The molecule has 0 N–H and O–H groups in total. The molecule has 1 fully saturated rings. The van der Waals surface area contributed by atoms with Crippen LogP contribution in [0.4, 0.5) is 0 Å². The van der Waals surface area contributed by atoms with Crippen molar-refractivity contribution >= 4 is 33.3 Å². The number of nitrogens with zero attached hydrogens (tertiary/aromatic N) is 3. The van der Waals surface area contributed by atoms with Gasteiger partial charge in [-0.15, -0.1) is 23.1 Å². The van der Waals surface area contributed by atoms with Gasteiger partial charge in [-0.2, -0.15) is 0 Å². The second kappa shape index (κ2) is 8.17. The first-order valence-corrected chi connectivity index (χ1v) is 11.2. The Morgan fingerprint density at radius 1 is 1.19 bits per heavy atom. The highest BCUT2D eigenvalue weighted by molar-refractivity contribution is 8.00. The molecule has 1 aliphatic rings. The van der Waals surface area contributed by atoms with E-state index in [9.17, 15) is 0 Å². The van der Waals surface area contributed by atoms with Crippen LogP contribution >= 0.6 is 23.1 Å². The molecule has 0 spiro atoms. The van der Waals surface area contributed by atoms with E-state index in [2.05, 4.69) is 29.5 Å². The van der Waals surface area contributed by atoms with Crippen LogP contribution in [0.25, 0.3) is 21.3 Å². The summed E-state index contributed by atoms with van der Waals surface area (Å²) in [6, 6.07) is 8.36. The first-order chi connectivity index (χ1) is 13.1. The lowest BCUT2D eigenvalue weighted by Crippen LogP contribution is -2.31. The molecule has 0 radical (unpaired) electrons. The maximum absolute atomic E-state index is 5.58. The van der Waals surface area contributed by atoms with E-state index >= 15 is 0 Å². The summed E-state index contributed by atoms with van der Waals surface area (Å²) in [4.78, 5) is 13.0. The number of thiophene rings is 1. The molecule has 0 aliphatic carbocycles. The third kappa shape index (κ3) is 4.13. The van der Waals surface area contributed by atoms with Crippen LogP contribution in [0, 0.1) is 6.92 Å². The molecule has 0 atom stereocenters. The highest BCUT2D eigenvalue weighted by Gasteiger charge is 2.22. The summed E-state index contributed by atoms with van der Waals surface area (Å²) in [5.41, 5.74) is 2.43. The summed E-state index contributed by atoms with van der Waals surface area (Å²) in [5.74, 6) is 1.77. The van der Waals surface area contributed by atoms with E-state index in [4.69, 9.17) is 14.7 Å². The van der Waals surface area contributed by atoms with E-state index in [0.717, 1.165) is 21.4 Å². The highest BCUT2D eigenvalue weighted by Crippen LogP contribution is 2.41. The third-order valence-electron chi connectivity index (χ3n) is 4.93. The Hall–Kier alpha value is -1.63. The Morgan fingerprint density at radius 3 is 2.63 bits per heavy atom. The van der Waals surface area contributed by atoms with Crippen molar-refractivity contribution in [3.05, 3.63) is 35.5 Å². The van der Waals surface area contributed by atoms with Gasteiger partial charge in [0.05, 0.1) is 12.0 Å². The minimum Gasteiger partial charge on any atom is -0.494 e. The Balaban J connectivity index is 1.69. The van der Waals surface area contributed by atoms with Crippen molar-refractivity contribution in [3.8, 4) is 16.9 Å². The summed E-state index contributed by atoms with van der Waals surface area (Å²) >= 11 is 3.65. The van der Waals surface area contributed by atoms with E-state index in [0.29, 0.717) is 11.9 Å². The summed E-state index contributed by atoms with van der Waals surface area (Å²) in [7, 11) is 2.21. The largest absolute Gasteiger partial charge is 0.494 e. The van der Waals surface area contributed by atoms with Crippen molar-refractivity contribution in [2.45, 2.75) is 37.0 Å². The van der Waals surface area contributed by atoms with Crippen LogP contribution in [-0.4, -0.2) is 46.9 Å². The van der Waals surface area contributed by atoms with Gasteiger partial charge >= 0.3 is 0 Å². The second-order valence-corrected chi connectivity index (χ2v) is 9.13. The maximum atomic E-state index is 5.58. The molecular formula is C21H25N3OS2. The predicted molar refractivity (Wildman–Crippen MR) is 115 cm³/mol. The van der Waals surface area contributed by atoms with E-state index < -0.39 is 0 Å². The zero-order valence-electron chi connectivity index (χ0n) is 16.1. The molecule has 27 heavy (non-hydrogen) atoms. The van der Waals surface area contributed by atoms with Crippen LogP contribution in [0.5, 0.6) is 5.75 Å². The molecule has 0 bridgehead atoms. The third-order valence-corrected chi connectivity index (χ3v) is 7.13. The maximum Gasteiger partial charge on any atom is 0.128 e. The number of hydrogen-bond acceptors (Lipinski definition) is 6. The van der Waals surface area contributed by atoms with Crippen LogP contribution < -0.4 is 4.74 Å². The number of aromatic nitrogens is 2. The molecule has 0 unspecified atom stereocenters. The Bertz CT molecular complexity index is 915. The molecule has 0 amide bonds. The summed E-state index contributed by atoms with van der Waals surface area (Å²) in [5, 5.41) is 5.19. The van der Waals surface area contributed by atoms with E-state index in [1.165, 1.54) is 42.4 Å². The fourth-order valence-corrected chi connectivity index (χ4v) is 5.80. The number of fused-ring (bicyclic) bond motifs is 1. The molecule has 1 aromatic carbocycles. The van der Waals surface area contributed by atoms with Gasteiger partial charge in [0.25, 0.3) is 0 Å². The SMILES string of the molecule is CCOc1ccc(-c2csc3nc(C)nc(SC4CCN(C)CC4)c23)cc1. The van der Waals surface area contributed by atoms with Gasteiger partial charge in [-0.1, -0.05) is 12.1 Å². The smallest absolute Gasteiger partial charge is 0.128 e. The van der Waals surface area contributed by atoms with Crippen molar-refractivity contribution in [3.63, 3.8) is 0 Å². The molecule has 2 aromatic heterocycles. The zero-order chi connectivity index (χ0) is 18.8. The van der Waals surface area contributed by atoms with Gasteiger partial charge in [-0.3, -0.25) is 0 Å². The molecule has 3 aromatic rings. The van der Waals surface area contributed by atoms with Crippen LogP contribution in [0.2, 0.25) is 0 Å². The molecule has 4 nitrogen and oxygen atoms in total. The lowest BCUT2D eigenvalue weighted by Gasteiger charge is -2.28. The number of piperidine rings is 1. The number of benzene rings is 1. The van der Waals surface area contributed by atoms with Crippen molar-refractivity contribution in [2.75, 3.05) is 26.7 Å². The van der Waals surface area contributed by atoms with Crippen molar-refractivity contribution < 1.29 is 4.74 Å². The first kappa shape index (κ1) is 18.7. The number of aryl methyl sites for hydroxylation is 1. The fraction of sp³-hybridized carbons (Fsp3) is 0.429. The number of rotatable bonds is 5.